The number of hydrogen-bond acceptors (Lipinski definition) is 15. The number of unbranched alkanes of at least 4 members (excludes halogenated alkanes) is 37. The van der Waals surface area contributed by atoms with Gasteiger partial charge in [-0.1, -0.05) is 331 Å². The minimum atomic E-state index is -4.96. The van der Waals surface area contributed by atoms with Gasteiger partial charge in [-0.15, -0.1) is 0 Å². The van der Waals surface area contributed by atoms with Gasteiger partial charge in [0, 0.05) is 25.7 Å². The zero-order valence-corrected chi connectivity index (χ0v) is 64.1. The van der Waals surface area contributed by atoms with Crippen LogP contribution in [0.25, 0.3) is 0 Å². The van der Waals surface area contributed by atoms with Gasteiger partial charge in [0.05, 0.1) is 26.4 Å². The highest BCUT2D eigenvalue weighted by atomic mass is 31.2. The van der Waals surface area contributed by atoms with E-state index in [1.807, 2.05) is 0 Å². The lowest BCUT2D eigenvalue weighted by atomic mass is 9.99. The Labute approximate surface area is 581 Å². The molecule has 0 saturated carbocycles. The number of aliphatic hydroxyl groups excluding tert-OH is 1. The summed E-state index contributed by atoms with van der Waals surface area (Å²) in [4.78, 5) is 72.8. The summed E-state index contributed by atoms with van der Waals surface area (Å²) in [7, 11) is -9.91. The molecule has 0 radical (unpaired) electrons. The van der Waals surface area contributed by atoms with E-state index in [9.17, 15) is 43.2 Å². The molecule has 0 aromatic carbocycles. The average molecular weight is 1400 g/mol. The Morgan fingerprint density at radius 3 is 0.747 bits per heavy atom. The van der Waals surface area contributed by atoms with Crippen LogP contribution in [0.15, 0.2) is 0 Å². The van der Waals surface area contributed by atoms with Gasteiger partial charge in [0.1, 0.15) is 19.3 Å². The van der Waals surface area contributed by atoms with Gasteiger partial charge < -0.3 is 33.8 Å². The number of phosphoric ester groups is 2. The molecule has 0 spiro atoms. The Balaban J connectivity index is 5.23. The Hall–Kier alpha value is -1.94. The second-order valence-corrected chi connectivity index (χ2v) is 31.7. The van der Waals surface area contributed by atoms with Crippen LogP contribution in [0.1, 0.15) is 383 Å². The maximum Gasteiger partial charge on any atom is 0.472 e. The van der Waals surface area contributed by atoms with Crippen molar-refractivity contribution in [1.29, 1.82) is 0 Å². The van der Waals surface area contributed by atoms with E-state index >= 15 is 0 Å². The number of carbonyl (C=O) groups is 4. The van der Waals surface area contributed by atoms with Crippen molar-refractivity contribution in [1.82, 2.24) is 0 Å². The monoisotopic (exact) mass is 1400 g/mol. The maximum absolute atomic E-state index is 13.1. The van der Waals surface area contributed by atoms with Crippen molar-refractivity contribution in [2.24, 2.45) is 23.7 Å². The predicted molar refractivity (Wildman–Crippen MR) is 386 cm³/mol. The van der Waals surface area contributed by atoms with Crippen molar-refractivity contribution in [3.8, 4) is 0 Å². The summed E-state index contributed by atoms with van der Waals surface area (Å²) >= 11 is 0. The zero-order valence-electron chi connectivity index (χ0n) is 62.3. The topological polar surface area (TPSA) is 237 Å². The van der Waals surface area contributed by atoms with E-state index in [0.29, 0.717) is 25.7 Å². The highest BCUT2D eigenvalue weighted by Crippen LogP contribution is 2.45. The molecule has 0 saturated heterocycles. The van der Waals surface area contributed by atoms with Gasteiger partial charge in [-0.25, -0.2) is 9.13 Å². The molecule has 0 heterocycles. The van der Waals surface area contributed by atoms with E-state index in [0.717, 1.165) is 120 Å². The summed E-state index contributed by atoms with van der Waals surface area (Å²) in [5, 5.41) is 10.6. The van der Waals surface area contributed by atoms with Gasteiger partial charge in [-0.3, -0.25) is 37.3 Å². The van der Waals surface area contributed by atoms with Crippen LogP contribution in [0.4, 0.5) is 0 Å². The molecule has 564 valence electrons. The summed E-state index contributed by atoms with van der Waals surface area (Å²) in [5.41, 5.74) is 0. The van der Waals surface area contributed by atoms with Crippen LogP contribution in [-0.2, 0) is 65.4 Å². The van der Waals surface area contributed by atoms with Crippen LogP contribution in [0.2, 0.25) is 0 Å². The van der Waals surface area contributed by atoms with Crippen molar-refractivity contribution in [3.05, 3.63) is 0 Å². The van der Waals surface area contributed by atoms with E-state index in [1.54, 1.807) is 0 Å². The smallest absolute Gasteiger partial charge is 0.462 e. The van der Waals surface area contributed by atoms with E-state index in [2.05, 4.69) is 55.4 Å². The predicted octanol–water partition coefficient (Wildman–Crippen LogP) is 22.0. The highest BCUT2D eigenvalue weighted by Gasteiger charge is 2.30. The van der Waals surface area contributed by atoms with Crippen molar-refractivity contribution >= 4 is 39.5 Å². The minimum Gasteiger partial charge on any atom is -0.462 e. The fourth-order valence-electron chi connectivity index (χ4n) is 11.5. The van der Waals surface area contributed by atoms with Crippen molar-refractivity contribution in [3.63, 3.8) is 0 Å². The number of phosphoric acid groups is 2. The first-order valence-electron chi connectivity index (χ1n) is 39.3. The molecule has 17 nitrogen and oxygen atoms in total. The third-order valence-corrected chi connectivity index (χ3v) is 20.2. The molecule has 4 unspecified atom stereocenters. The number of esters is 4. The SMILES string of the molecule is CCC(C)CCCCCCCCCCCCCCCCC(=O)OC[C@H](COP(=O)(O)OC[C@@H](O)COP(=O)(O)OC[C@@H](COC(=O)CCCCCCCCC(C)CC)OC(=O)CCCCCCCCCCCCCCC(C)C)OC(=O)CCCCCCCCCCCC(C)C. The molecule has 0 aliphatic rings. The van der Waals surface area contributed by atoms with Crippen LogP contribution in [0.5, 0.6) is 0 Å². The number of hydrogen-bond donors (Lipinski definition) is 3. The van der Waals surface area contributed by atoms with Gasteiger partial charge in [0.25, 0.3) is 0 Å². The van der Waals surface area contributed by atoms with Gasteiger partial charge in [-0.05, 0) is 49.4 Å². The van der Waals surface area contributed by atoms with E-state index in [1.165, 1.54) is 180 Å². The molecular formula is C76H148O17P2. The zero-order chi connectivity index (χ0) is 70.3. The molecule has 95 heavy (non-hydrogen) atoms. The molecule has 7 atom stereocenters. The number of rotatable bonds is 73. The Kier molecular flexibility index (Phi) is 64.0. The first-order chi connectivity index (χ1) is 45.7. The quantitative estimate of drug-likeness (QED) is 0.0222. The molecule has 0 rings (SSSR count). The molecule has 0 aliphatic heterocycles. The summed E-state index contributed by atoms with van der Waals surface area (Å²) < 4.78 is 68.5. The Morgan fingerprint density at radius 1 is 0.295 bits per heavy atom. The van der Waals surface area contributed by atoms with E-state index < -0.39 is 97.5 Å². The molecule has 0 fully saturated rings. The van der Waals surface area contributed by atoms with E-state index in [-0.39, 0.29) is 25.7 Å². The maximum atomic E-state index is 13.1. The molecule has 0 bridgehead atoms. The van der Waals surface area contributed by atoms with Crippen molar-refractivity contribution in [2.45, 2.75) is 401 Å². The average Bonchev–Trinajstić information content (AvgIpc) is 2.17. The largest absolute Gasteiger partial charge is 0.472 e. The van der Waals surface area contributed by atoms with Gasteiger partial charge in [0.15, 0.2) is 12.2 Å². The summed E-state index contributed by atoms with van der Waals surface area (Å²) in [5.74, 6) is 0.972. The number of aliphatic hydroxyl groups is 1. The number of ether oxygens (including phenoxy) is 4. The normalized spacial score (nSPS) is 14.7. The Morgan fingerprint density at radius 2 is 0.505 bits per heavy atom. The van der Waals surface area contributed by atoms with Gasteiger partial charge >= 0.3 is 39.5 Å². The van der Waals surface area contributed by atoms with E-state index in [4.69, 9.17) is 37.0 Å². The fraction of sp³-hybridized carbons (Fsp3) is 0.947. The van der Waals surface area contributed by atoms with Crippen molar-refractivity contribution in [2.75, 3.05) is 39.6 Å². The third kappa shape index (κ3) is 67.6. The van der Waals surface area contributed by atoms with Crippen LogP contribution >= 0.6 is 15.6 Å². The lowest BCUT2D eigenvalue weighted by Gasteiger charge is -2.21. The molecule has 3 N–H and O–H groups in total. The lowest BCUT2D eigenvalue weighted by Crippen LogP contribution is -2.30. The van der Waals surface area contributed by atoms with Gasteiger partial charge in [0.2, 0.25) is 0 Å². The first-order valence-corrected chi connectivity index (χ1v) is 42.3. The minimum absolute atomic E-state index is 0.105. The molecule has 0 amide bonds. The Bertz CT molecular complexity index is 1870. The van der Waals surface area contributed by atoms with Crippen molar-refractivity contribution < 1.29 is 80.2 Å². The second kappa shape index (κ2) is 65.4. The highest BCUT2D eigenvalue weighted by molar-refractivity contribution is 7.47. The van der Waals surface area contributed by atoms with Crippen LogP contribution in [0.3, 0.4) is 0 Å². The third-order valence-electron chi connectivity index (χ3n) is 18.3. The molecule has 19 heteroatoms. The van der Waals surface area contributed by atoms with Crippen LogP contribution < -0.4 is 0 Å². The molecule has 0 aromatic rings. The van der Waals surface area contributed by atoms with Gasteiger partial charge in [-0.2, -0.15) is 0 Å². The molecular weight excluding hydrogens is 1250 g/mol. The standard InChI is InChI=1S/C76H148O17P2/c1-9-68(7)54-46-38-30-24-18-13-11-12-14-19-25-31-40-48-56-73(78)86-62-71(92-76(81)59-51-43-33-27-21-23-29-37-45-53-67(5)6)64-90-94(82,83)88-60-70(77)61-89-95(84,85)91-65-72(63-87-74(79)57-49-41-35-34-39-47-55-69(8)10-2)93-75(80)58-50-42-32-26-20-16-15-17-22-28-36-44-52-66(3)4/h66-72,77H,9-65H2,1-8H3,(H,82,83)(H,84,85)/t68?,69?,70-,71-,72-/m1/s1. The fourth-order valence-corrected chi connectivity index (χ4v) is 13.1. The number of carbonyl (C=O) groups excluding carboxylic acids is 4. The second-order valence-electron chi connectivity index (χ2n) is 28.8. The molecule has 0 aliphatic carbocycles. The van der Waals surface area contributed by atoms with Crippen LogP contribution in [0, 0.1) is 23.7 Å². The summed E-state index contributed by atoms with van der Waals surface area (Å²) in [6.45, 7) is 14.2. The lowest BCUT2D eigenvalue weighted by molar-refractivity contribution is -0.161. The first kappa shape index (κ1) is 93.1. The molecule has 0 aromatic heterocycles. The summed E-state index contributed by atoms with van der Waals surface area (Å²) in [6, 6.07) is 0. The summed E-state index contributed by atoms with van der Waals surface area (Å²) in [6.07, 6.45) is 49.9. The van der Waals surface area contributed by atoms with Crippen LogP contribution in [-0.4, -0.2) is 96.7 Å².